The van der Waals surface area contributed by atoms with Crippen LogP contribution in [0.25, 0.3) is 6.08 Å². The average Bonchev–Trinajstić information content (AvgIpc) is 2.70. The van der Waals surface area contributed by atoms with Gasteiger partial charge in [-0.15, -0.1) is 0 Å². The van der Waals surface area contributed by atoms with E-state index in [1.165, 1.54) is 16.8 Å². The monoisotopic (exact) mass is 333 g/mol. The minimum Gasteiger partial charge on any atom is -0.378 e. The average molecular weight is 333 g/mol. The summed E-state index contributed by atoms with van der Waals surface area (Å²) in [6.07, 6.45) is 8.20. The van der Waals surface area contributed by atoms with Gasteiger partial charge in [0, 0.05) is 43.3 Å². The van der Waals surface area contributed by atoms with Crippen molar-refractivity contribution >= 4 is 17.5 Å². The molecule has 2 aliphatic heterocycles. The largest absolute Gasteiger partial charge is 0.378 e. The third-order valence-electron chi connectivity index (χ3n) is 4.73. The van der Waals surface area contributed by atoms with E-state index in [2.05, 4.69) is 46.3 Å². The minimum absolute atomic E-state index is 0.799. The van der Waals surface area contributed by atoms with Crippen molar-refractivity contribution < 1.29 is 4.74 Å². The Hall–Kier alpha value is -2.46. The number of aliphatic imine (C=N–C) groups is 1. The van der Waals surface area contributed by atoms with Gasteiger partial charge in [-0.2, -0.15) is 0 Å². The van der Waals surface area contributed by atoms with Gasteiger partial charge < -0.3 is 9.64 Å². The van der Waals surface area contributed by atoms with Crippen molar-refractivity contribution in [3.8, 4) is 0 Å². The maximum Gasteiger partial charge on any atom is 0.0694 e. The lowest BCUT2D eigenvalue weighted by Gasteiger charge is -2.30. The fourth-order valence-corrected chi connectivity index (χ4v) is 3.49. The molecule has 0 bridgehead atoms. The highest BCUT2D eigenvalue weighted by atomic mass is 16.5. The number of aromatic nitrogens is 1. The molecular formula is C21H23N3O. The van der Waals surface area contributed by atoms with E-state index in [0.29, 0.717) is 0 Å². The fourth-order valence-electron chi connectivity index (χ4n) is 3.49. The van der Waals surface area contributed by atoms with Crippen LogP contribution in [0.1, 0.15) is 24.0 Å². The van der Waals surface area contributed by atoms with Gasteiger partial charge in [0.2, 0.25) is 0 Å². The zero-order chi connectivity index (χ0) is 16.9. The van der Waals surface area contributed by atoms with E-state index >= 15 is 0 Å². The summed E-state index contributed by atoms with van der Waals surface area (Å²) in [5.74, 6) is 0. The van der Waals surface area contributed by atoms with Crippen LogP contribution < -0.4 is 4.90 Å². The van der Waals surface area contributed by atoms with Crippen LogP contribution in [0.5, 0.6) is 0 Å². The molecule has 1 saturated heterocycles. The molecule has 1 aromatic carbocycles. The molecule has 128 valence electrons. The van der Waals surface area contributed by atoms with Crippen molar-refractivity contribution in [1.29, 1.82) is 0 Å². The molecule has 2 aliphatic rings. The van der Waals surface area contributed by atoms with Crippen molar-refractivity contribution in [1.82, 2.24) is 4.98 Å². The number of rotatable bonds is 3. The first-order valence-corrected chi connectivity index (χ1v) is 8.99. The molecule has 1 aromatic heterocycles. The third kappa shape index (κ3) is 3.64. The van der Waals surface area contributed by atoms with Gasteiger partial charge in [0.1, 0.15) is 0 Å². The van der Waals surface area contributed by atoms with Crippen LogP contribution >= 0.6 is 0 Å². The van der Waals surface area contributed by atoms with Gasteiger partial charge in [0.25, 0.3) is 0 Å². The second-order valence-electron chi connectivity index (χ2n) is 6.40. The Morgan fingerprint density at radius 2 is 1.92 bits per heavy atom. The number of anilines is 1. The van der Waals surface area contributed by atoms with Gasteiger partial charge in [-0.25, -0.2) is 0 Å². The standard InChI is InChI=1S/C21H23N3O/c1-2-8-20(24-11-13-25-14-12-24)17(5-1)15-18-6-4-10-23-21(18)19-7-3-9-22-16-19/h1-3,5,7-9,15-16H,4,6,10-14H2/b18-15+. The van der Waals surface area contributed by atoms with E-state index in [9.17, 15) is 0 Å². The number of morpholine rings is 1. The number of para-hydroxylation sites is 1. The SMILES string of the molecule is C(=C1/CCCN=C1c1cccnc1)/c1ccccc1N1CCOCC1. The number of nitrogens with zero attached hydrogens (tertiary/aromatic N) is 3. The Morgan fingerprint density at radius 3 is 2.76 bits per heavy atom. The van der Waals surface area contributed by atoms with Gasteiger partial charge in [0.15, 0.2) is 0 Å². The second-order valence-corrected chi connectivity index (χ2v) is 6.40. The third-order valence-corrected chi connectivity index (χ3v) is 4.73. The molecule has 2 aromatic rings. The van der Waals surface area contributed by atoms with E-state index in [-0.39, 0.29) is 0 Å². The van der Waals surface area contributed by atoms with Gasteiger partial charge in [0.05, 0.1) is 18.9 Å². The number of hydrogen-bond donors (Lipinski definition) is 0. The lowest BCUT2D eigenvalue weighted by atomic mass is 9.94. The zero-order valence-electron chi connectivity index (χ0n) is 14.4. The normalized spacial score (nSPS) is 19.8. The van der Waals surface area contributed by atoms with Crippen LogP contribution in [0.3, 0.4) is 0 Å². The maximum atomic E-state index is 5.50. The van der Waals surface area contributed by atoms with Gasteiger partial charge in [-0.05, 0) is 48.3 Å². The summed E-state index contributed by atoms with van der Waals surface area (Å²) < 4.78 is 5.50. The van der Waals surface area contributed by atoms with Crippen LogP contribution in [-0.4, -0.2) is 43.5 Å². The summed E-state index contributed by atoms with van der Waals surface area (Å²) in [4.78, 5) is 11.5. The van der Waals surface area contributed by atoms with Crippen molar-refractivity contribution in [2.75, 3.05) is 37.7 Å². The quantitative estimate of drug-likeness (QED) is 0.861. The number of allylic oxidation sites excluding steroid dienone is 1. The number of pyridine rings is 1. The molecule has 0 N–H and O–H groups in total. The summed E-state index contributed by atoms with van der Waals surface area (Å²) >= 11 is 0. The molecule has 4 rings (SSSR count). The highest BCUT2D eigenvalue weighted by molar-refractivity contribution is 6.15. The van der Waals surface area contributed by atoms with Gasteiger partial charge in [-0.3, -0.25) is 9.98 Å². The predicted octanol–water partition coefficient (Wildman–Crippen LogP) is 3.58. The van der Waals surface area contributed by atoms with Crippen LogP contribution in [0.15, 0.2) is 59.4 Å². The molecule has 4 nitrogen and oxygen atoms in total. The van der Waals surface area contributed by atoms with Gasteiger partial charge >= 0.3 is 0 Å². The summed E-state index contributed by atoms with van der Waals surface area (Å²) in [6, 6.07) is 12.7. The molecule has 1 fully saturated rings. The first kappa shape index (κ1) is 16.0. The van der Waals surface area contributed by atoms with E-state index in [0.717, 1.165) is 57.0 Å². The Morgan fingerprint density at radius 1 is 1.04 bits per heavy atom. The van der Waals surface area contributed by atoms with Crippen molar-refractivity contribution in [3.05, 3.63) is 65.5 Å². The first-order chi connectivity index (χ1) is 12.4. The molecule has 0 spiro atoms. The molecule has 0 radical (unpaired) electrons. The molecular weight excluding hydrogens is 310 g/mol. The topological polar surface area (TPSA) is 37.7 Å². The summed E-state index contributed by atoms with van der Waals surface area (Å²) in [5.41, 5.74) is 6.06. The van der Waals surface area contributed by atoms with Crippen LogP contribution in [0.2, 0.25) is 0 Å². The maximum absolute atomic E-state index is 5.50. The van der Waals surface area contributed by atoms with E-state index in [4.69, 9.17) is 9.73 Å². The molecule has 25 heavy (non-hydrogen) atoms. The van der Waals surface area contributed by atoms with E-state index < -0.39 is 0 Å². The van der Waals surface area contributed by atoms with E-state index in [1.807, 2.05) is 18.5 Å². The predicted molar refractivity (Wildman–Crippen MR) is 102 cm³/mol. The van der Waals surface area contributed by atoms with Crippen molar-refractivity contribution in [2.45, 2.75) is 12.8 Å². The Balaban J connectivity index is 1.70. The highest BCUT2D eigenvalue weighted by Crippen LogP contribution is 2.27. The zero-order valence-corrected chi connectivity index (χ0v) is 14.4. The molecule has 3 heterocycles. The fraction of sp³-hybridized carbons (Fsp3) is 0.333. The lowest BCUT2D eigenvalue weighted by molar-refractivity contribution is 0.122. The molecule has 4 heteroatoms. The molecule has 0 unspecified atom stereocenters. The molecule has 0 saturated carbocycles. The van der Waals surface area contributed by atoms with Crippen LogP contribution in [0, 0.1) is 0 Å². The van der Waals surface area contributed by atoms with E-state index in [1.54, 1.807) is 0 Å². The number of ether oxygens (including phenoxy) is 1. The van der Waals surface area contributed by atoms with Crippen LogP contribution in [-0.2, 0) is 4.74 Å². The van der Waals surface area contributed by atoms with Crippen molar-refractivity contribution in [3.63, 3.8) is 0 Å². The second kappa shape index (κ2) is 7.62. The first-order valence-electron chi connectivity index (χ1n) is 8.99. The van der Waals surface area contributed by atoms with Gasteiger partial charge in [-0.1, -0.05) is 18.2 Å². The van der Waals surface area contributed by atoms with Crippen molar-refractivity contribution in [2.24, 2.45) is 4.99 Å². The van der Waals surface area contributed by atoms with Crippen LogP contribution in [0.4, 0.5) is 5.69 Å². The summed E-state index contributed by atoms with van der Waals surface area (Å²) in [6.45, 7) is 4.39. The Kier molecular flexibility index (Phi) is 4.89. The Bertz CT molecular complexity index is 777. The highest BCUT2D eigenvalue weighted by Gasteiger charge is 2.17. The molecule has 0 amide bonds. The lowest BCUT2D eigenvalue weighted by Crippen LogP contribution is -2.36. The smallest absolute Gasteiger partial charge is 0.0694 e. The minimum atomic E-state index is 0.799. The molecule has 0 aliphatic carbocycles. The number of hydrogen-bond acceptors (Lipinski definition) is 4. The molecule has 0 atom stereocenters. The number of benzene rings is 1. The Labute approximate surface area is 148 Å². The summed E-state index contributed by atoms with van der Waals surface area (Å²) in [7, 11) is 0. The summed E-state index contributed by atoms with van der Waals surface area (Å²) in [5, 5.41) is 0.